The maximum absolute atomic E-state index is 13.0. The molecular formula is C23H24N4O3. The Bertz CT molecular complexity index is 1080. The number of carbonyl (C=O) groups is 2. The number of fused-ring (bicyclic) bond motifs is 1. The summed E-state index contributed by atoms with van der Waals surface area (Å²) in [6.07, 6.45) is 2.20. The molecule has 2 amide bonds. The van der Waals surface area contributed by atoms with Crippen LogP contribution in [0.4, 0.5) is 5.69 Å². The maximum Gasteiger partial charge on any atom is 0.313 e. The lowest BCUT2D eigenvalue weighted by molar-refractivity contribution is -0.145. The predicted molar refractivity (Wildman–Crippen MR) is 113 cm³/mol. The highest BCUT2D eigenvalue weighted by Crippen LogP contribution is 2.26. The van der Waals surface area contributed by atoms with Crippen molar-refractivity contribution in [3.05, 3.63) is 65.5 Å². The zero-order valence-corrected chi connectivity index (χ0v) is 17.1. The van der Waals surface area contributed by atoms with Gasteiger partial charge in [-0.15, -0.1) is 10.2 Å². The molecule has 0 saturated carbocycles. The van der Waals surface area contributed by atoms with Gasteiger partial charge in [0.05, 0.1) is 0 Å². The molecule has 1 aromatic heterocycles. The number of hydrogen-bond donors (Lipinski definition) is 1. The molecule has 0 bridgehead atoms. The first kappa shape index (κ1) is 19.8. The van der Waals surface area contributed by atoms with Crippen molar-refractivity contribution < 1.29 is 14.0 Å². The van der Waals surface area contributed by atoms with Gasteiger partial charge in [-0.2, -0.15) is 0 Å². The maximum atomic E-state index is 13.0. The van der Waals surface area contributed by atoms with E-state index in [1.54, 1.807) is 23.1 Å². The van der Waals surface area contributed by atoms with Gasteiger partial charge in [0.15, 0.2) is 0 Å². The molecule has 0 radical (unpaired) electrons. The van der Waals surface area contributed by atoms with E-state index in [-0.39, 0.29) is 6.04 Å². The monoisotopic (exact) mass is 404 g/mol. The Hall–Kier alpha value is -3.48. The molecule has 0 unspecified atom stereocenters. The number of benzene rings is 2. The first-order valence-electron chi connectivity index (χ1n) is 10.2. The fourth-order valence-electron chi connectivity index (χ4n) is 3.75. The fraction of sp³-hybridized carbons (Fsp3) is 0.304. The van der Waals surface area contributed by atoms with Gasteiger partial charge >= 0.3 is 11.8 Å². The molecule has 4 rings (SSSR count). The van der Waals surface area contributed by atoms with Gasteiger partial charge in [0.25, 0.3) is 0 Å². The summed E-state index contributed by atoms with van der Waals surface area (Å²) in [5.41, 5.74) is 3.53. The lowest BCUT2D eigenvalue weighted by atomic mass is 9.92. The average molecular weight is 404 g/mol. The second kappa shape index (κ2) is 8.49. The number of aryl methyl sites for hydroxylation is 1. The van der Waals surface area contributed by atoms with Crippen LogP contribution in [0.3, 0.4) is 0 Å². The third-order valence-corrected chi connectivity index (χ3v) is 5.42. The minimum Gasteiger partial charge on any atom is -0.421 e. The first-order chi connectivity index (χ1) is 14.6. The molecule has 1 aliphatic heterocycles. The summed E-state index contributed by atoms with van der Waals surface area (Å²) in [5.74, 6) is -0.240. The van der Waals surface area contributed by atoms with E-state index >= 15 is 0 Å². The van der Waals surface area contributed by atoms with Crippen LogP contribution in [0.2, 0.25) is 0 Å². The van der Waals surface area contributed by atoms with E-state index in [2.05, 4.69) is 21.6 Å². The van der Waals surface area contributed by atoms with E-state index < -0.39 is 11.8 Å². The molecule has 1 N–H and O–H groups in total. The van der Waals surface area contributed by atoms with Crippen molar-refractivity contribution in [2.24, 2.45) is 0 Å². The standard InChI is InChI=1S/C23H24N4O3/c1-3-19-13-15-8-5-6-9-17(15)14-27(19)23(29)21(28)24-18-11-7-10-16(12-18)22-26-25-20(4-2)30-22/h5-12,19H,3-4,13-14H2,1-2H3,(H,24,28)/t19-/m1/s1. The van der Waals surface area contributed by atoms with Gasteiger partial charge in [-0.25, -0.2) is 0 Å². The Morgan fingerprint density at radius 1 is 1.10 bits per heavy atom. The Kier molecular flexibility index (Phi) is 5.61. The van der Waals surface area contributed by atoms with Crippen LogP contribution in [0.25, 0.3) is 11.5 Å². The molecule has 0 saturated heterocycles. The topological polar surface area (TPSA) is 88.3 Å². The summed E-state index contributed by atoms with van der Waals surface area (Å²) in [5, 5.41) is 10.7. The number of aromatic nitrogens is 2. The molecule has 7 nitrogen and oxygen atoms in total. The van der Waals surface area contributed by atoms with E-state index in [1.165, 1.54) is 5.56 Å². The van der Waals surface area contributed by atoms with Gasteiger partial charge in [0.2, 0.25) is 11.8 Å². The summed E-state index contributed by atoms with van der Waals surface area (Å²) in [4.78, 5) is 27.4. The number of carbonyl (C=O) groups excluding carboxylic acids is 2. The minimum absolute atomic E-state index is 0.00958. The number of nitrogens with zero attached hydrogens (tertiary/aromatic N) is 3. The second-order valence-electron chi connectivity index (χ2n) is 7.36. The summed E-state index contributed by atoms with van der Waals surface area (Å²) >= 11 is 0. The number of nitrogens with one attached hydrogen (secondary N) is 1. The van der Waals surface area contributed by atoms with Gasteiger partial charge in [-0.3, -0.25) is 9.59 Å². The Balaban J connectivity index is 1.50. The summed E-state index contributed by atoms with van der Waals surface area (Å²) in [6.45, 7) is 4.42. The first-order valence-corrected chi connectivity index (χ1v) is 10.2. The third-order valence-electron chi connectivity index (χ3n) is 5.42. The van der Waals surface area contributed by atoms with Crippen molar-refractivity contribution >= 4 is 17.5 Å². The van der Waals surface area contributed by atoms with E-state index in [0.717, 1.165) is 18.4 Å². The van der Waals surface area contributed by atoms with Crippen LogP contribution in [0.1, 0.15) is 37.3 Å². The molecule has 30 heavy (non-hydrogen) atoms. The number of rotatable bonds is 4. The van der Waals surface area contributed by atoms with Gasteiger partial charge in [0.1, 0.15) is 0 Å². The van der Waals surface area contributed by atoms with Crippen LogP contribution in [-0.4, -0.2) is 33.0 Å². The van der Waals surface area contributed by atoms with Crippen LogP contribution in [0.15, 0.2) is 52.9 Å². The van der Waals surface area contributed by atoms with Crippen molar-refractivity contribution in [3.63, 3.8) is 0 Å². The van der Waals surface area contributed by atoms with Crippen molar-refractivity contribution in [2.45, 2.75) is 45.7 Å². The number of amides is 2. The van der Waals surface area contributed by atoms with E-state index in [9.17, 15) is 9.59 Å². The molecular weight excluding hydrogens is 380 g/mol. The fourth-order valence-corrected chi connectivity index (χ4v) is 3.75. The summed E-state index contributed by atoms with van der Waals surface area (Å²) < 4.78 is 5.57. The highest BCUT2D eigenvalue weighted by atomic mass is 16.4. The van der Waals surface area contributed by atoms with Crippen LogP contribution >= 0.6 is 0 Å². The van der Waals surface area contributed by atoms with E-state index in [1.807, 2.05) is 38.1 Å². The summed E-state index contributed by atoms with van der Waals surface area (Å²) in [6, 6.07) is 15.1. The van der Waals surface area contributed by atoms with Crippen molar-refractivity contribution in [1.29, 1.82) is 0 Å². The van der Waals surface area contributed by atoms with Gasteiger partial charge in [-0.1, -0.05) is 44.2 Å². The van der Waals surface area contributed by atoms with Crippen LogP contribution in [-0.2, 0) is 29.0 Å². The smallest absolute Gasteiger partial charge is 0.313 e. The van der Waals surface area contributed by atoms with Crippen molar-refractivity contribution in [1.82, 2.24) is 15.1 Å². The molecule has 2 aromatic carbocycles. The zero-order valence-electron chi connectivity index (χ0n) is 17.1. The van der Waals surface area contributed by atoms with E-state index in [4.69, 9.17) is 4.42 Å². The molecule has 3 aromatic rings. The third kappa shape index (κ3) is 3.96. The highest BCUT2D eigenvalue weighted by molar-refractivity contribution is 6.39. The van der Waals surface area contributed by atoms with Crippen LogP contribution in [0.5, 0.6) is 0 Å². The van der Waals surface area contributed by atoms with Gasteiger partial charge < -0.3 is 14.6 Å². The normalized spacial score (nSPS) is 15.5. The summed E-state index contributed by atoms with van der Waals surface area (Å²) in [7, 11) is 0. The number of anilines is 1. The van der Waals surface area contributed by atoms with Crippen LogP contribution in [0, 0.1) is 0 Å². The van der Waals surface area contributed by atoms with Crippen LogP contribution < -0.4 is 5.32 Å². The Labute approximate surface area is 175 Å². The molecule has 2 heterocycles. The number of hydrogen-bond acceptors (Lipinski definition) is 5. The largest absolute Gasteiger partial charge is 0.421 e. The highest BCUT2D eigenvalue weighted by Gasteiger charge is 2.32. The molecule has 1 aliphatic rings. The molecule has 0 aliphatic carbocycles. The lowest BCUT2D eigenvalue weighted by Gasteiger charge is -2.36. The molecule has 1 atom stereocenters. The Morgan fingerprint density at radius 3 is 2.63 bits per heavy atom. The minimum atomic E-state index is -0.648. The lowest BCUT2D eigenvalue weighted by Crippen LogP contribution is -2.48. The molecule has 154 valence electrons. The zero-order chi connectivity index (χ0) is 21.1. The average Bonchev–Trinajstić information content (AvgIpc) is 3.27. The van der Waals surface area contributed by atoms with Gasteiger partial charge in [0, 0.05) is 30.3 Å². The molecule has 7 heteroatoms. The quantitative estimate of drug-likeness (QED) is 0.671. The van der Waals surface area contributed by atoms with Crippen molar-refractivity contribution in [2.75, 3.05) is 5.32 Å². The predicted octanol–water partition coefficient (Wildman–Crippen LogP) is 3.60. The van der Waals surface area contributed by atoms with Gasteiger partial charge in [-0.05, 0) is 42.2 Å². The Morgan fingerprint density at radius 2 is 1.90 bits per heavy atom. The SMILES string of the molecule is CCc1nnc(-c2cccc(NC(=O)C(=O)N3Cc4ccccc4C[C@H]3CC)c2)o1. The van der Waals surface area contributed by atoms with Crippen molar-refractivity contribution in [3.8, 4) is 11.5 Å². The molecule has 0 fully saturated rings. The van der Waals surface area contributed by atoms with E-state index in [0.29, 0.717) is 36.0 Å². The molecule has 0 spiro atoms. The second-order valence-corrected chi connectivity index (χ2v) is 7.36.